The molecule has 0 aromatic heterocycles. The van der Waals surface area contributed by atoms with Crippen LogP contribution in [0.3, 0.4) is 0 Å². The van der Waals surface area contributed by atoms with E-state index < -0.39 is 12.2 Å². The Bertz CT molecular complexity index is 939. The Morgan fingerprint density at radius 2 is 0.750 bits per heavy atom. The summed E-state index contributed by atoms with van der Waals surface area (Å²) in [6, 6.07) is 15.9. The Morgan fingerprint density at radius 3 is 1.07 bits per heavy atom. The molecule has 2 amide bonds. The van der Waals surface area contributed by atoms with Crippen molar-refractivity contribution in [2.45, 2.75) is 142 Å². The summed E-state index contributed by atoms with van der Waals surface area (Å²) in [5, 5.41) is 19.6. The zero-order valence-electron chi connectivity index (χ0n) is 27.8. The first-order valence-corrected chi connectivity index (χ1v) is 17.6. The SMILES string of the molecule is CCCCCCCCCc1ccc(N(CCCCCCN(C(=O)O)c2ccc(CCCCCCCCC)cc2)C(=O)O)cc1. The molecule has 0 heterocycles. The van der Waals surface area contributed by atoms with Crippen molar-refractivity contribution in [3.63, 3.8) is 0 Å². The first kappa shape index (κ1) is 37.2. The van der Waals surface area contributed by atoms with Gasteiger partial charge in [0, 0.05) is 24.5 Å². The summed E-state index contributed by atoms with van der Waals surface area (Å²) >= 11 is 0. The molecule has 44 heavy (non-hydrogen) atoms. The van der Waals surface area contributed by atoms with Crippen LogP contribution in [0.1, 0.15) is 141 Å². The van der Waals surface area contributed by atoms with Gasteiger partial charge in [-0.1, -0.05) is 128 Å². The normalized spacial score (nSPS) is 11.0. The van der Waals surface area contributed by atoms with Gasteiger partial charge in [-0.3, -0.25) is 9.80 Å². The molecule has 0 saturated carbocycles. The monoisotopic (exact) mass is 608 g/mol. The summed E-state index contributed by atoms with van der Waals surface area (Å²) in [5.74, 6) is 0. The number of hydrogen-bond donors (Lipinski definition) is 2. The lowest BCUT2D eigenvalue weighted by atomic mass is 10.0. The van der Waals surface area contributed by atoms with E-state index in [2.05, 4.69) is 38.1 Å². The molecule has 0 spiro atoms. The number of nitrogens with zero attached hydrogens (tertiary/aromatic N) is 2. The van der Waals surface area contributed by atoms with Gasteiger partial charge in [-0.25, -0.2) is 9.59 Å². The number of benzene rings is 2. The average Bonchev–Trinajstić information content (AvgIpc) is 3.02. The van der Waals surface area contributed by atoms with Gasteiger partial charge in [0.2, 0.25) is 0 Å². The van der Waals surface area contributed by atoms with Crippen LogP contribution in [0, 0.1) is 0 Å². The molecule has 2 N–H and O–H groups in total. The maximum absolute atomic E-state index is 11.9. The molecule has 0 aliphatic rings. The van der Waals surface area contributed by atoms with Crippen LogP contribution in [0.4, 0.5) is 21.0 Å². The van der Waals surface area contributed by atoms with Crippen molar-refractivity contribution >= 4 is 23.6 Å². The number of rotatable bonds is 25. The van der Waals surface area contributed by atoms with Crippen molar-refractivity contribution in [2.75, 3.05) is 22.9 Å². The molecule has 0 unspecified atom stereocenters. The van der Waals surface area contributed by atoms with Crippen molar-refractivity contribution in [3.05, 3.63) is 59.7 Å². The fourth-order valence-corrected chi connectivity index (χ4v) is 5.82. The topological polar surface area (TPSA) is 81.1 Å². The number of amides is 2. The first-order valence-electron chi connectivity index (χ1n) is 17.6. The van der Waals surface area contributed by atoms with Gasteiger partial charge in [0.05, 0.1) is 0 Å². The van der Waals surface area contributed by atoms with Gasteiger partial charge in [0.1, 0.15) is 0 Å². The van der Waals surface area contributed by atoms with E-state index in [-0.39, 0.29) is 0 Å². The summed E-state index contributed by atoms with van der Waals surface area (Å²) in [5.41, 5.74) is 3.96. The van der Waals surface area contributed by atoms with E-state index in [0.717, 1.165) is 38.5 Å². The second-order valence-corrected chi connectivity index (χ2v) is 12.4. The molecule has 6 nitrogen and oxygen atoms in total. The highest BCUT2D eigenvalue weighted by molar-refractivity contribution is 5.86. The Morgan fingerprint density at radius 1 is 0.455 bits per heavy atom. The zero-order chi connectivity index (χ0) is 31.8. The largest absolute Gasteiger partial charge is 0.465 e. The Kier molecular flexibility index (Phi) is 19.7. The van der Waals surface area contributed by atoms with Crippen LogP contribution in [0.2, 0.25) is 0 Å². The van der Waals surface area contributed by atoms with Crippen molar-refractivity contribution in [1.29, 1.82) is 0 Å². The molecule has 2 aromatic carbocycles. The van der Waals surface area contributed by atoms with Crippen LogP contribution in [0.5, 0.6) is 0 Å². The Labute approximate surface area is 267 Å². The summed E-state index contributed by atoms with van der Waals surface area (Å²) < 4.78 is 0. The minimum Gasteiger partial charge on any atom is -0.465 e. The van der Waals surface area contributed by atoms with Crippen molar-refractivity contribution in [3.8, 4) is 0 Å². The minimum absolute atomic E-state index is 0.440. The van der Waals surface area contributed by atoms with E-state index in [1.54, 1.807) is 0 Å². The Balaban J connectivity index is 1.68. The molecule has 0 radical (unpaired) electrons. The number of hydrogen-bond acceptors (Lipinski definition) is 2. The maximum atomic E-state index is 11.9. The van der Waals surface area contributed by atoms with Crippen LogP contribution < -0.4 is 9.80 Å². The minimum atomic E-state index is -0.933. The van der Waals surface area contributed by atoms with E-state index in [4.69, 9.17) is 0 Å². The predicted molar refractivity (Wildman–Crippen MR) is 185 cm³/mol. The molecule has 6 heteroatoms. The van der Waals surface area contributed by atoms with Crippen molar-refractivity contribution in [2.24, 2.45) is 0 Å². The summed E-state index contributed by atoms with van der Waals surface area (Å²) in [6.45, 7) is 5.36. The second kappa shape index (κ2) is 23.4. The first-order chi connectivity index (χ1) is 21.5. The lowest BCUT2D eigenvalue weighted by Crippen LogP contribution is -2.31. The standard InChI is InChI=1S/C38H60N2O4/c1-3-5-7-9-11-13-17-21-33-23-27-35(28-24-33)39(37(41)42)31-19-15-16-20-32-40(38(43)44)36-29-25-34(26-30-36)22-18-14-12-10-8-6-4-2/h23-30H,3-22,31-32H2,1-2H3,(H,41,42)(H,43,44). The number of carbonyl (C=O) groups is 2. The van der Waals surface area contributed by atoms with Crippen molar-refractivity contribution < 1.29 is 19.8 Å². The summed E-state index contributed by atoms with van der Waals surface area (Å²) in [4.78, 5) is 26.7. The van der Waals surface area contributed by atoms with Gasteiger partial charge in [0.15, 0.2) is 0 Å². The molecule has 2 rings (SSSR count). The van der Waals surface area contributed by atoms with E-state index in [1.165, 1.54) is 111 Å². The van der Waals surface area contributed by atoms with Crippen LogP contribution >= 0.6 is 0 Å². The van der Waals surface area contributed by atoms with Crippen LogP contribution in [-0.2, 0) is 12.8 Å². The lowest BCUT2D eigenvalue weighted by molar-refractivity contribution is 0.200. The molecule has 246 valence electrons. The zero-order valence-corrected chi connectivity index (χ0v) is 27.8. The second-order valence-electron chi connectivity index (χ2n) is 12.4. The van der Waals surface area contributed by atoms with Gasteiger partial charge in [-0.05, 0) is 73.9 Å². The van der Waals surface area contributed by atoms with Crippen molar-refractivity contribution in [1.82, 2.24) is 0 Å². The molecule has 0 aliphatic heterocycles. The van der Waals surface area contributed by atoms with E-state index in [0.29, 0.717) is 24.5 Å². The van der Waals surface area contributed by atoms with Crippen LogP contribution in [0.25, 0.3) is 0 Å². The highest BCUT2D eigenvalue weighted by atomic mass is 16.4. The average molecular weight is 609 g/mol. The Hall–Kier alpha value is -3.02. The molecule has 0 bridgehead atoms. The van der Waals surface area contributed by atoms with E-state index >= 15 is 0 Å². The predicted octanol–water partition coefficient (Wildman–Crippen LogP) is 11.5. The molecule has 0 aliphatic carbocycles. The smallest absolute Gasteiger partial charge is 0.411 e. The van der Waals surface area contributed by atoms with Crippen LogP contribution in [0.15, 0.2) is 48.5 Å². The maximum Gasteiger partial charge on any atom is 0.411 e. The van der Waals surface area contributed by atoms with Gasteiger partial charge in [-0.15, -0.1) is 0 Å². The quantitative estimate of drug-likeness (QED) is 0.110. The third-order valence-electron chi connectivity index (χ3n) is 8.61. The van der Waals surface area contributed by atoms with Crippen LogP contribution in [-0.4, -0.2) is 35.5 Å². The lowest BCUT2D eigenvalue weighted by Gasteiger charge is -2.21. The van der Waals surface area contributed by atoms with E-state index in [9.17, 15) is 19.8 Å². The number of anilines is 2. The third-order valence-corrected chi connectivity index (χ3v) is 8.61. The summed E-state index contributed by atoms with van der Waals surface area (Å²) in [7, 11) is 0. The molecular formula is C38H60N2O4. The van der Waals surface area contributed by atoms with Gasteiger partial charge in [-0.2, -0.15) is 0 Å². The van der Waals surface area contributed by atoms with Gasteiger partial charge < -0.3 is 10.2 Å². The number of unbranched alkanes of at least 4 members (excludes halogenated alkanes) is 15. The molecular weight excluding hydrogens is 548 g/mol. The fraction of sp³-hybridized carbons (Fsp3) is 0.632. The van der Waals surface area contributed by atoms with E-state index in [1.807, 2.05) is 24.3 Å². The summed E-state index contributed by atoms with van der Waals surface area (Å²) in [6.07, 6.45) is 21.4. The third kappa shape index (κ3) is 15.6. The number of aryl methyl sites for hydroxylation is 2. The highest BCUT2D eigenvalue weighted by Gasteiger charge is 2.15. The van der Waals surface area contributed by atoms with Gasteiger partial charge >= 0.3 is 12.2 Å². The molecule has 2 aromatic rings. The molecule has 0 saturated heterocycles. The van der Waals surface area contributed by atoms with Gasteiger partial charge in [0.25, 0.3) is 0 Å². The fourth-order valence-electron chi connectivity index (χ4n) is 5.82. The highest BCUT2D eigenvalue weighted by Crippen LogP contribution is 2.21. The number of carboxylic acid groups (broad SMARTS) is 2. The molecule has 0 atom stereocenters. The molecule has 0 fully saturated rings.